The van der Waals surface area contributed by atoms with Crippen molar-refractivity contribution in [1.29, 1.82) is 0 Å². The van der Waals surface area contributed by atoms with Crippen molar-refractivity contribution in [2.24, 2.45) is 5.73 Å². The molecule has 3 N–H and O–H groups in total. The maximum atomic E-state index is 12.3. The Kier molecular flexibility index (Phi) is 4.75. The topological polar surface area (TPSA) is 80.9 Å². The molecule has 20 heavy (non-hydrogen) atoms. The molecule has 1 atom stereocenters. The van der Waals surface area contributed by atoms with Crippen LogP contribution >= 0.6 is 23.6 Å². The van der Waals surface area contributed by atoms with E-state index in [-0.39, 0.29) is 10.9 Å². The Morgan fingerprint density at radius 2 is 2.10 bits per heavy atom. The molecule has 0 aliphatic carbocycles. The lowest BCUT2D eigenvalue weighted by atomic mass is 9.98. The number of nitrogens with one attached hydrogen (secondary N) is 1. The minimum atomic E-state index is -0.667. The fourth-order valence-corrected chi connectivity index (χ4v) is 2.64. The molecule has 0 saturated carbocycles. The van der Waals surface area contributed by atoms with Crippen LogP contribution in [0.3, 0.4) is 0 Å². The number of nitrogens with zero attached hydrogens (tertiary/aromatic N) is 2. The molecule has 0 spiro atoms. The lowest BCUT2D eigenvalue weighted by Gasteiger charge is -2.14. The molecule has 2 rings (SSSR count). The summed E-state index contributed by atoms with van der Waals surface area (Å²) < 4.78 is 0. The van der Waals surface area contributed by atoms with Gasteiger partial charge in [-0.05, 0) is 12.0 Å². The molecule has 1 amide bonds. The first kappa shape index (κ1) is 14.5. The zero-order valence-electron chi connectivity index (χ0n) is 10.9. The van der Waals surface area contributed by atoms with Crippen LogP contribution in [-0.2, 0) is 11.2 Å². The molecule has 0 aliphatic heterocycles. The minimum absolute atomic E-state index is 0.133. The van der Waals surface area contributed by atoms with Crippen LogP contribution in [0.2, 0.25) is 0 Å². The van der Waals surface area contributed by atoms with E-state index in [1.807, 2.05) is 37.3 Å². The van der Waals surface area contributed by atoms with Gasteiger partial charge in [0, 0.05) is 0 Å². The van der Waals surface area contributed by atoms with Gasteiger partial charge in [0.25, 0.3) is 0 Å². The van der Waals surface area contributed by atoms with Crippen molar-refractivity contribution in [3.63, 3.8) is 0 Å². The highest BCUT2D eigenvalue weighted by molar-refractivity contribution is 7.80. The number of aromatic nitrogens is 2. The van der Waals surface area contributed by atoms with E-state index in [4.69, 9.17) is 18.0 Å². The first-order chi connectivity index (χ1) is 9.61. The Balaban J connectivity index is 2.18. The summed E-state index contributed by atoms with van der Waals surface area (Å²) in [6.07, 6.45) is 0.783. The molecule has 0 fully saturated rings. The van der Waals surface area contributed by atoms with Gasteiger partial charge in [-0.2, -0.15) is 0 Å². The molecule has 0 aliphatic rings. The molecular formula is C13H14N4OS2. The molecule has 1 unspecified atom stereocenters. The van der Waals surface area contributed by atoms with Crippen molar-refractivity contribution in [2.45, 2.75) is 19.3 Å². The predicted molar refractivity (Wildman–Crippen MR) is 83.9 cm³/mol. The monoisotopic (exact) mass is 306 g/mol. The summed E-state index contributed by atoms with van der Waals surface area (Å²) in [5.74, 6) is -0.956. The SMILES string of the molecule is CCc1nnc(NC(=O)C(C(N)=S)c2ccccc2)s1. The molecule has 1 heterocycles. The molecule has 7 heteroatoms. The van der Waals surface area contributed by atoms with E-state index in [2.05, 4.69) is 15.5 Å². The fraction of sp³-hybridized carbons (Fsp3) is 0.231. The number of amides is 1. The summed E-state index contributed by atoms with van der Waals surface area (Å²) in [4.78, 5) is 12.4. The number of benzene rings is 1. The lowest BCUT2D eigenvalue weighted by Crippen LogP contribution is -2.31. The van der Waals surface area contributed by atoms with Gasteiger partial charge in [-0.25, -0.2) is 0 Å². The van der Waals surface area contributed by atoms with Crippen molar-refractivity contribution >= 4 is 39.6 Å². The first-order valence-corrected chi connectivity index (χ1v) is 7.31. The van der Waals surface area contributed by atoms with E-state index in [0.717, 1.165) is 17.0 Å². The van der Waals surface area contributed by atoms with Gasteiger partial charge in [-0.15, -0.1) is 10.2 Å². The van der Waals surface area contributed by atoms with E-state index >= 15 is 0 Å². The number of hydrogen-bond acceptors (Lipinski definition) is 5. The quantitative estimate of drug-likeness (QED) is 0.827. The molecule has 2 aromatic rings. The third-order valence-corrected chi connectivity index (χ3v) is 3.90. The summed E-state index contributed by atoms with van der Waals surface area (Å²) in [5.41, 5.74) is 6.45. The maximum absolute atomic E-state index is 12.3. The van der Waals surface area contributed by atoms with Crippen LogP contribution in [0.15, 0.2) is 30.3 Å². The van der Waals surface area contributed by atoms with Gasteiger partial charge in [-0.1, -0.05) is 60.8 Å². The number of anilines is 1. The zero-order chi connectivity index (χ0) is 14.5. The zero-order valence-corrected chi connectivity index (χ0v) is 12.5. The van der Waals surface area contributed by atoms with Crippen molar-refractivity contribution in [2.75, 3.05) is 5.32 Å². The number of carbonyl (C=O) groups excluding carboxylic acids is 1. The third-order valence-electron chi connectivity index (χ3n) is 2.68. The highest BCUT2D eigenvalue weighted by atomic mass is 32.1. The van der Waals surface area contributed by atoms with E-state index in [9.17, 15) is 4.79 Å². The predicted octanol–water partition coefficient (Wildman–Crippen LogP) is 2.11. The van der Waals surface area contributed by atoms with Gasteiger partial charge in [0.1, 0.15) is 10.9 Å². The van der Waals surface area contributed by atoms with Gasteiger partial charge in [0.2, 0.25) is 11.0 Å². The number of rotatable bonds is 5. The van der Waals surface area contributed by atoms with Crippen LogP contribution in [-0.4, -0.2) is 21.1 Å². The van der Waals surface area contributed by atoms with Crippen LogP contribution < -0.4 is 11.1 Å². The van der Waals surface area contributed by atoms with Crippen molar-refractivity contribution in [3.05, 3.63) is 40.9 Å². The Morgan fingerprint density at radius 1 is 1.40 bits per heavy atom. The van der Waals surface area contributed by atoms with Crippen LogP contribution in [0.5, 0.6) is 0 Å². The number of thiocarbonyl (C=S) groups is 1. The largest absolute Gasteiger partial charge is 0.392 e. The van der Waals surface area contributed by atoms with E-state index in [0.29, 0.717) is 5.13 Å². The smallest absolute Gasteiger partial charge is 0.240 e. The average molecular weight is 306 g/mol. The average Bonchev–Trinajstić information content (AvgIpc) is 2.87. The minimum Gasteiger partial charge on any atom is -0.392 e. The van der Waals surface area contributed by atoms with Gasteiger partial charge in [0.05, 0.1) is 4.99 Å². The Bertz CT molecular complexity index is 612. The van der Waals surface area contributed by atoms with E-state index in [1.54, 1.807) is 0 Å². The Hall–Kier alpha value is -1.86. The maximum Gasteiger partial charge on any atom is 0.240 e. The summed E-state index contributed by atoms with van der Waals surface area (Å²) in [6.45, 7) is 1.98. The molecule has 1 aromatic carbocycles. The Morgan fingerprint density at radius 3 is 2.65 bits per heavy atom. The fourth-order valence-electron chi connectivity index (χ4n) is 1.71. The number of aryl methyl sites for hydroxylation is 1. The van der Waals surface area contributed by atoms with Crippen molar-refractivity contribution in [3.8, 4) is 0 Å². The van der Waals surface area contributed by atoms with E-state index in [1.165, 1.54) is 11.3 Å². The second-order valence-electron chi connectivity index (χ2n) is 4.09. The van der Waals surface area contributed by atoms with Gasteiger partial charge >= 0.3 is 0 Å². The van der Waals surface area contributed by atoms with Crippen LogP contribution in [0.4, 0.5) is 5.13 Å². The van der Waals surface area contributed by atoms with Gasteiger partial charge < -0.3 is 5.73 Å². The molecule has 5 nitrogen and oxygen atoms in total. The van der Waals surface area contributed by atoms with E-state index < -0.39 is 5.92 Å². The number of carbonyl (C=O) groups is 1. The summed E-state index contributed by atoms with van der Waals surface area (Å²) in [5, 5.41) is 11.9. The highest BCUT2D eigenvalue weighted by Crippen LogP contribution is 2.21. The van der Waals surface area contributed by atoms with Crippen molar-refractivity contribution < 1.29 is 4.79 Å². The highest BCUT2D eigenvalue weighted by Gasteiger charge is 2.24. The lowest BCUT2D eigenvalue weighted by molar-refractivity contribution is -0.116. The number of hydrogen-bond donors (Lipinski definition) is 2. The molecule has 0 radical (unpaired) electrons. The third kappa shape index (κ3) is 3.37. The molecule has 0 saturated heterocycles. The molecule has 1 aromatic heterocycles. The second-order valence-corrected chi connectivity index (χ2v) is 5.62. The second kappa shape index (κ2) is 6.53. The van der Waals surface area contributed by atoms with Crippen LogP contribution in [0.1, 0.15) is 23.4 Å². The van der Waals surface area contributed by atoms with Gasteiger partial charge in [0.15, 0.2) is 0 Å². The standard InChI is InChI=1S/C13H14N4OS2/c1-2-9-16-17-13(20-9)15-12(18)10(11(14)19)8-6-4-3-5-7-8/h3-7,10H,2H2,1H3,(H2,14,19)(H,15,17,18). The van der Waals surface area contributed by atoms with Gasteiger partial charge in [-0.3, -0.25) is 10.1 Å². The summed E-state index contributed by atoms with van der Waals surface area (Å²) in [6, 6.07) is 9.19. The first-order valence-electron chi connectivity index (χ1n) is 6.09. The normalized spacial score (nSPS) is 11.8. The van der Waals surface area contributed by atoms with Crippen LogP contribution in [0.25, 0.3) is 0 Å². The molecule has 0 bridgehead atoms. The van der Waals surface area contributed by atoms with Crippen molar-refractivity contribution in [1.82, 2.24) is 10.2 Å². The summed E-state index contributed by atoms with van der Waals surface area (Å²) in [7, 11) is 0. The Labute approximate surface area is 126 Å². The molecular weight excluding hydrogens is 292 g/mol. The number of nitrogens with two attached hydrogens (primary N) is 1. The van der Waals surface area contributed by atoms with Crippen LogP contribution in [0, 0.1) is 0 Å². The molecule has 104 valence electrons. The summed E-state index contributed by atoms with van der Waals surface area (Å²) >= 11 is 6.35.